The highest BCUT2D eigenvalue weighted by atomic mass is 16.7. The summed E-state index contributed by atoms with van der Waals surface area (Å²) in [6.07, 6.45) is -0.713. The van der Waals surface area contributed by atoms with E-state index >= 15 is 0 Å². The van der Waals surface area contributed by atoms with E-state index in [4.69, 9.17) is 23.7 Å². The molecule has 0 aromatic rings. The van der Waals surface area contributed by atoms with Crippen molar-refractivity contribution in [2.45, 2.75) is 104 Å². The quantitative estimate of drug-likeness (QED) is 0.153. The van der Waals surface area contributed by atoms with E-state index < -0.39 is 65.2 Å². The number of carbonyl (C=O) groups excluding carboxylic acids is 4. The molecule has 0 aromatic carbocycles. The Morgan fingerprint density at radius 2 is 1.56 bits per heavy atom. The van der Waals surface area contributed by atoms with E-state index in [2.05, 4.69) is 6.58 Å². The van der Waals surface area contributed by atoms with Crippen molar-refractivity contribution in [2.75, 3.05) is 0 Å². The van der Waals surface area contributed by atoms with Crippen LogP contribution in [-0.4, -0.2) is 65.4 Å². The predicted molar refractivity (Wildman–Crippen MR) is 129 cm³/mol. The first-order valence-electron chi connectivity index (χ1n) is 12.1. The van der Waals surface area contributed by atoms with Crippen LogP contribution >= 0.6 is 0 Å². The fourth-order valence-corrected chi connectivity index (χ4v) is 4.48. The number of hydrogen-bond acceptors (Lipinski definition) is 9. The zero-order valence-electron chi connectivity index (χ0n) is 22.2. The fourth-order valence-electron chi connectivity index (χ4n) is 4.48. The fraction of sp³-hybridized carbons (Fsp3) is 0.630. The molecule has 9 heteroatoms. The number of ether oxygens (including phenoxy) is 5. The second kappa shape index (κ2) is 9.94. The van der Waals surface area contributed by atoms with Gasteiger partial charge in [-0.3, -0.25) is 9.59 Å². The molecule has 0 N–H and O–H groups in total. The SMILES string of the molecule is C=C([C@@H]1[C@H](OC(=O)/C(C)=C\C)[C@@H]2O[C@]2(C)C(=O)[C@H]1OC(C)=O)[C@@H](C[C@H]1OC1(C)C)OC(=O)/C(C)=C\C. The van der Waals surface area contributed by atoms with Gasteiger partial charge in [0, 0.05) is 24.5 Å². The second-order valence-electron chi connectivity index (χ2n) is 10.3. The van der Waals surface area contributed by atoms with Gasteiger partial charge in [-0.1, -0.05) is 18.7 Å². The number of Topliss-reactive ketones (excluding diaryl/α,β-unsaturated/α-hetero) is 1. The number of fused-ring (bicyclic) bond motifs is 1. The number of epoxide rings is 2. The summed E-state index contributed by atoms with van der Waals surface area (Å²) in [5.74, 6) is -3.30. The first kappa shape index (κ1) is 27.8. The summed E-state index contributed by atoms with van der Waals surface area (Å²) in [6, 6.07) is 0. The molecule has 3 fully saturated rings. The van der Waals surface area contributed by atoms with Gasteiger partial charge < -0.3 is 23.7 Å². The highest BCUT2D eigenvalue weighted by Gasteiger charge is 2.72. The first-order valence-corrected chi connectivity index (χ1v) is 12.1. The molecule has 0 amide bonds. The lowest BCUT2D eigenvalue weighted by Crippen LogP contribution is -2.56. The maximum atomic E-state index is 13.4. The Labute approximate surface area is 211 Å². The lowest BCUT2D eigenvalue weighted by molar-refractivity contribution is -0.168. The molecule has 1 aliphatic carbocycles. The van der Waals surface area contributed by atoms with Gasteiger partial charge >= 0.3 is 17.9 Å². The Kier molecular flexibility index (Phi) is 7.67. The number of hydrogen-bond donors (Lipinski definition) is 0. The van der Waals surface area contributed by atoms with Crippen molar-refractivity contribution in [1.82, 2.24) is 0 Å². The maximum absolute atomic E-state index is 13.4. The zero-order chi connectivity index (χ0) is 27.2. The van der Waals surface area contributed by atoms with Crippen molar-refractivity contribution >= 4 is 23.7 Å². The van der Waals surface area contributed by atoms with Gasteiger partial charge in [-0.05, 0) is 54.0 Å². The summed E-state index contributed by atoms with van der Waals surface area (Å²) >= 11 is 0. The van der Waals surface area contributed by atoms with Gasteiger partial charge in [-0.2, -0.15) is 0 Å². The van der Waals surface area contributed by atoms with Crippen molar-refractivity contribution < 1.29 is 42.9 Å². The van der Waals surface area contributed by atoms with Gasteiger partial charge in [-0.25, -0.2) is 9.59 Å². The van der Waals surface area contributed by atoms with Crippen molar-refractivity contribution in [3.63, 3.8) is 0 Å². The Morgan fingerprint density at radius 3 is 2.06 bits per heavy atom. The van der Waals surface area contributed by atoms with Gasteiger partial charge in [-0.15, -0.1) is 0 Å². The third kappa shape index (κ3) is 5.32. The minimum absolute atomic E-state index is 0.224. The van der Waals surface area contributed by atoms with E-state index in [0.29, 0.717) is 11.1 Å². The third-order valence-electron chi connectivity index (χ3n) is 7.31. The van der Waals surface area contributed by atoms with Crippen LogP contribution < -0.4 is 0 Å². The van der Waals surface area contributed by atoms with Crippen LogP contribution in [0.4, 0.5) is 0 Å². The van der Waals surface area contributed by atoms with Crippen LogP contribution in [0, 0.1) is 5.92 Å². The van der Waals surface area contributed by atoms with E-state index in [-0.39, 0.29) is 18.1 Å². The highest BCUT2D eigenvalue weighted by molar-refractivity contribution is 5.97. The molecule has 0 radical (unpaired) electrons. The van der Waals surface area contributed by atoms with Crippen LogP contribution in [0.5, 0.6) is 0 Å². The summed E-state index contributed by atoms with van der Waals surface area (Å²) in [5.41, 5.74) is -0.634. The molecule has 1 saturated carbocycles. The second-order valence-corrected chi connectivity index (χ2v) is 10.3. The van der Waals surface area contributed by atoms with Crippen molar-refractivity contribution in [3.05, 3.63) is 35.5 Å². The lowest BCUT2D eigenvalue weighted by Gasteiger charge is -2.38. The number of rotatable bonds is 9. The average Bonchev–Trinajstić information content (AvgIpc) is 3.68. The minimum atomic E-state index is -1.33. The van der Waals surface area contributed by atoms with Crippen molar-refractivity contribution in [1.29, 1.82) is 0 Å². The van der Waals surface area contributed by atoms with Crippen LogP contribution in [0.1, 0.15) is 61.8 Å². The molecule has 0 bridgehead atoms. The first-order chi connectivity index (χ1) is 16.7. The van der Waals surface area contributed by atoms with E-state index in [1.54, 1.807) is 46.8 Å². The highest BCUT2D eigenvalue weighted by Crippen LogP contribution is 2.52. The largest absolute Gasteiger partial charge is 0.455 e. The Hall–Kier alpha value is -2.78. The molecule has 3 rings (SSSR count). The van der Waals surface area contributed by atoms with E-state index in [0.717, 1.165) is 0 Å². The van der Waals surface area contributed by atoms with Crippen LogP contribution in [0.15, 0.2) is 35.5 Å². The number of esters is 3. The molecule has 3 aliphatic rings. The van der Waals surface area contributed by atoms with Crippen LogP contribution in [0.3, 0.4) is 0 Å². The number of carbonyl (C=O) groups is 4. The molecule has 36 heavy (non-hydrogen) atoms. The molecule has 7 atom stereocenters. The summed E-state index contributed by atoms with van der Waals surface area (Å²) in [7, 11) is 0. The summed E-state index contributed by atoms with van der Waals surface area (Å²) in [5, 5.41) is 0. The number of allylic oxidation sites excluding steroid dienone is 2. The molecule has 2 aliphatic heterocycles. The van der Waals surface area contributed by atoms with Gasteiger partial charge in [0.25, 0.3) is 0 Å². The van der Waals surface area contributed by atoms with Gasteiger partial charge in [0.2, 0.25) is 5.78 Å². The van der Waals surface area contributed by atoms with Gasteiger partial charge in [0.15, 0.2) is 11.7 Å². The zero-order valence-corrected chi connectivity index (χ0v) is 22.2. The van der Waals surface area contributed by atoms with Crippen molar-refractivity contribution in [3.8, 4) is 0 Å². The predicted octanol–water partition coefficient (Wildman–Crippen LogP) is 3.15. The standard InChI is InChI=1S/C27H36O9/c1-10-13(3)24(30)33-17(12-18-26(7,8)35-18)15(5)19-20(32-16(6)28)22(29)27(9)23(36-27)21(19)34-25(31)14(4)11-2/h10-11,17-21,23H,5,12H2,1-4,6-9H3/b13-10-,14-11-/t17-,18-,19+,20+,21+,23+,27-/m1/s1. The van der Waals surface area contributed by atoms with Crippen LogP contribution in [0.25, 0.3) is 0 Å². The van der Waals surface area contributed by atoms with E-state index in [1.165, 1.54) is 6.92 Å². The molecule has 9 nitrogen and oxygen atoms in total. The maximum Gasteiger partial charge on any atom is 0.333 e. The molecule has 198 valence electrons. The van der Waals surface area contributed by atoms with Crippen LogP contribution in [0.2, 0.25) is 0 Å². The lowest BCUT2D eigenvalue weighted by atomic mass is 9.72. The van der Waals surface area contributed by atoms with E-state index in [9.17, 15) is 19.2 Å². The third-order valence-corrected chi connectivity index (χ3v) is 7.31. The number of ketones is 1. The molecule has 0 unspecified atom stereocenters. The summed E-state index contributed by atoms with van der Waals surface area (Å²) < 4.78 is 28.5. The molecule has 0 spiro atoms. The molecule has 2 heterocycles. The van der Waals surface area contributed by atoms with Gasteiger partial charge in [0.05, 0.1) is 17.6 Å². The Morgan fingerprint density at radius 1 is 1.00 bits per heavy atom. The molecular formula is C27H36O9. The summed E-state index contributed by atoms with van der Waals surface area (Å²) in [6.45, 7) is 17.4. The molecule has 2 saturated heterocycles. The van der Waals surface area contributed by atoms with Crippen molar-refractivity contribution in [2.24, 2.45) is 5.92 Å². The topological polar surface area (TPSA) is 121 Å². The van der Waals surface area contributed by atoms with Gasteiger partial charge in [0.1, 0.15) is 18.3 Å². The monoisotopic (exact) mass is 504 g/mol. The Bertz CT molecular complexity index is 1040. The summed E-state index contributed by atoms with van der Waals surface area (Å²) in [4.78, 5) is 50.9. The smallest absolute Gasteiger partial charge is 0.333 e. The average molecular weight is 505 g/mol. The molecular weight excluding hydrogens is 468 g/mol. The Balaban J connectivity index is 2.01. The minimum Gasteiger partial charge on any atom is -0.455 e. The van der Waals surface area contributed by atoms with E-state index in [1.807, 2.05) is 13.8 Å². The van der Waals surface area contributed by atoms with Crippen LogP contribution in [-0.2, 0) is 42.9 Å². The normalized spacial score (nSPS) is 33.7. The molecule has 0 aromatic heterocycles.